The van der Waals surface area contributed by atoms with Crippen LogP contribution in [0.4, 0.5) is 9.59 Å². The molecule has 2 heterocycles. The molecule has 2 atom stereocenters. The third-order valence-electron chi connectivity index (χ3n) is 5.95. The van der Waals surface area contributed by atoms with Crippen molar-refractivity contribution in [2.45, 2.75) is 45.1 Å². The average molecular weight is 380 g/mol. The fourth-order valence-electron chi connectivity index (χ4n) is 4.23. The molecule has 9 heteroatoms. The fourth-order valence-corrected chi connectivity index (χ4v) is 4.23. The molecule has 5 amide bonds. The Balaban J connectivity index is 1.58. The van der Waals surface area contributed by atoms with Crippen LogP contribution in [-0.2, 0) is 14.3 Å². The van der Waals surface area contributed by atoms with Crippen molar-refractivity contribution in [2.24, 2.45) is 5.92 Å². The van der Waals surface area contributed by atoms with Crippen molar-refractivity contribution in [1.82, 2.24) is 20.0 Å². The first-order valence-corrected chi connectivity index (χ1v) is 9.72. The van der Waals surface area contributed by atoms with Crippen molar-refractivity contribution in [1.29, 1.82) is 0 Å². The summed E-state index contributed by atoms with van der Waals surface area (Å²) < 4.78 is 4.96. The highest BCUT2D eigenvalue weighted by Gasteiger charge is 2.55. The maximum absolute atomic E-state index is 12.9. The quantitative estimate of drug-likeness (QED) is 0.730. The lowest BCUT2D eigenvalue weighted by molar-refractivity contribution is -0.141. The number of nitrogens with zero attached hydrogens (tertiary/aromatic N) is 3. The number of urea groups is 1. The Kier molecular flexibility index (Phi) is 5.57. The molecule has 0 aromatic heterocycles. The van der Waals surface area contributed by atoms with Gasteiger partial charge in [0.15, 0.2) is 0 Å². The van der Waals surface area contributed by atoms with Gasteiger partial charge < -0.3 is 19.9 Å². The molecule has 27 heavy (non-hydrogen) atoms. The Morgan fingerprint density at radius 3 is 2.44 bits per heavy atom. The summed E-state index contributed by atoms with van der Waals surface area (Å²) in [6, 6.07) is -0.479. The minimum Gasteiger partial charge on any atom is -0.450 e. The zero-order chi connectivity index (χ0) is 19.6. The molecule has 1 spiro atoms. The van der Waals surface area contributed by atoms with Crippen molar-refractivity contribution >= 4 is 23.9 Å². The number of hydrogen-bond acceptors (Lipinski definition) is 5. The lowest BCUT2D eigenvalue weighted by Crippen LogP contribution is -2.55. The van der Waals surface area contributed by atoms with Gasteiger partial charge in [-0.05, 0) is 25.7 Å². The summed E-state index contributed by atoms with van der Waals surface area (Å²) in [5, 5.41) is 2.86. The molecule has 0 aromatic carbocycles. The lowest BCUT2D eigenvalue weighted by Gasteiger charge is -2.37. The van der Waals surface area contributed by atoms with E-state index in [0.717, 1.165) is 24.2 Å². The van der Waals surface area contributed by atoms with Gasteiger partial charge in [-0.3, -0.25) is 14.5 Å². The molecule has 3 fully saturated rings. The predicted molar refractivity (Wildman–Crippen MR) is 95.8 cm³/mol. The van der Waals surface area contributed by atoms with Crippen LogP contribution in [0.15, 0.2) is 0 Å². The fraction of sp³-hybridized carbons (Fsp3) is 0.778. The van der Waals surface area contributed by atoms with E-state index in [2.05, 4.69) is 5.32 Å². The minimum absolute atomic E-state index is 0.0657. The van der Waals surface area contributed by atoms with Crippen molar-refractivity contribution in [3.8, 4) is 0 Å². The first-order valence-electron chi connectivity index (χ1n) is 9.72. The van der Waals surface area contributed by atoms with E-state index in [-0.39, 0.29) is 30.4 Å². The largest absolute Gasteiger partial charge is 0.450 e. The van der Waals surface area contributed by atoms with Crippen molar-refractivity contribution in [2.75, 3.05) is 39.3 Å². The maximum Gasteiger partial charge on any atom is 0.409 e. The zero-order valence-electron chi connectivity index (χ0n) is 16.0. The summed E-state index contributed by atoms with van der Waals surface area (Å²) >= 11 is 0. The third kappa shape index (κ3) is 3.59. The van der Waals surface area contributed by atoms with Crippen molar-refractivity contribution < 1.29 is 23.9 Å². The van der Waals surface area contributed by atoms with Crippen LogP contribution in [0.3, 0.4) is 0 Å². The molecule has 150 valence electrons. The van der Waals surface area contributed by atoms with Crippen molar-refractivity contribution in [3.63, 3.8) is 0 Å². The van der Waals surface area contributed by atoms with Gasteiger partial charge in [-0.15, -0.1) is 0 Å². The molecule has 1 aliphatic carbocycles. The summed E-state index contributed by atoms with van der Waals surface area (Å²) in [7, 11) is 0. The first kappa shape index (κ1) is 19.4. The van der Waals surface area contributed by atoms with E-state index in [1.807, 2.05) is 6.92 Å². The second-order valence-electron chi connectivity index (χ2n) is 7.51. The van der Waals surface area contributed by atoms with Crippen LogP contribution in [0, 0.1) is 5.92 Å². The SMILES string of the molecule is CCOC(=O)N1CCN(C(=O)CN2C(=O)N[C@@]3(CCCC[C@H]3C)C2=O)CC1. The van der Waals surface area contributed by atoms with Gasteiger partial charge in [0.25, 0.3) is 5.91 Å². The topological polar surface area (TPSA) is 99.3 Å². The Hall–Kier alpha value is -2.32. The number of imide groups is 1. The number of piperazine rings is 1. The van der Waals surface area contributed by atoms with Gasteiger partial charge in [0.1, 0.15) is 12.1 Å². The normalized spacial score (nSPS) is 28.5. The number of nitrogens with one attached hydrogen (secondary N) is 1. The van der Waals surface area contributed by atoms with E-state index >= 15 is 0 Å². The number of carbonyl (C=O) groups excluding carboxylic acids is 4. The zero-order valence-corrected chi connectivity index (χ0v) is 16.0. The van der Waals surface area contributed by atoms with Gasteiger partial charge in [-0.25, -0.2) is 9.59 Å². The van der Waals surface area contributed by atoms with Gasteiger partial charge in [-0.2, -0.15) is 0 Å². The highest BCUT2D eigenvalue weighted by molar-refractivity contribution is 6.09. The number of ether oxygens (including phenoxy) is 1. The summed E-state index contributed by atoms with van der Waals surface area (Å²) in [4.78, 5) is 53.9. The van der Waals surface area contributed by atoms with Crippen molar-refractivity contribution in [3.05, 3.63) is 0 Å². The standard InChI is InChI=1S/C18H28N4O5/c1-3-27-17(26)21-10-8-20(9-11-21)14(23)12-22-15(24)18(19-16(22)25)7-5-4-6-13(18)2/h13H,3-12H2,1-2H3,(H,19,25)/t13-,18-/m1/s1. The Labute approximate surface area is 159 Å². The molecular formula is C18H28N4O5. The summed E-state index contributed by atoms with van der Waals surface area (Å²) in [6.07, 6.45) is 3.08. The van der Waals surface area contributed by atoms with Crippen LogP contribution >= 0.6 is 0 Å². The average Bonchev–Trinajstić information content (AvgIpc) is 2.89. The molecule has 2 aliphatic heterocycles. The van der Waals surface area contributed by atoms with Crippen LogP contribution in [0.1, 0.15) is 39.5 Å². The molecule has 9 nitrogen and oxygen atoms in total. The highest BCUT2D eigenvalue weighted by Crippen LogP contribution is 2.38. The molecule has 2 saturated heterocycles. The molecule has 1 N–H and O–H groups in total. The Morgan fingerprint density at radius 2 is 1.81 bits per heavy atom. The van der Waals surface area contributed by atoms with Crippen LogP contribution in [0.5, 0.6) is 0 Å². The molecule has 1 saturated carbocycles. The smallest absolute Gasteiger partial charge is 0.409 e. The predicted octanol–water partition coefficient (Wildman–Crippen LogP) is 0.788. The number of amides is 5. The van der Waals surface area contributed by atoms with Gasteiger partial charge >= 0.3 is 12.1 Å². The molecular weight excluding hydrogens is 352 g/mol. The van der Waals surface area contributed by atoms with Crippen LogP contribution < -0.4 is 5.32 Å². The molecule has 0 radical (unpaired) electrons. The van der Waals surface area contributed by atoms with E-state index in [1.54, 1.807) is 16.7 Å². The minimum atomic E-state index is -0.849. The van der Waals surface area contributed by atoms with E-state index in [0.29, 0.717) is 39.2 Å². The maximum atomic E-state index is 12.9. The van der Waals surface area contributed by atoms with Gasteiger partial charge in [0.05, 0.1) is 6.61 Å². The Morgan fingerprint density at radius 1 is 1.15 bits per heavy atom. The van der Waals surface area contributed by atoms with Crippen LogP contribution in [0.25, 0.3) is 0 Å². The van der Waals surface area contributed by atoms with E-state index in [1.165, 1.54) is 0 Å². The molecule has 3 aliphatic rings. The van der Waals surface area contributed by atoms with E-state index in [9.17, 15) is 19.2 Å². The van der Waals surface area contributed by atoms with Gasteiger partial charge in [0, 0.05) is 26.2 Å². The molecule has 3 rings (SSSR count). The monoisotopic (exact) mass is 380 g/mol. The van der Waals surface area contributed by atoms with E-state index < -0.39 is 11.6 Å². The van der Waals surface area contributed by atoms with Crippen LogP contribution in [-0.4, -0.2) is 83.5 Å². The van der Waals surface area contributed by atoms with E-state index in [4.69, 9.17) is 4.74 Å². The summed E-state index contributed by atoms with van der Waals surface area (Å²) in [5.74, 6) is -0.489. The number of rotatable bonds is 3. The number of hydrogen-bond donors (Lipinski definition) is 1. The molecule has 0 unspecified atom stereocenters. The second kappa shape index (κ2) is 7.74. The third-order valence-corrected chi connectivity index (χ3v) is 5.95. The van der Waals surface area contributed by atoms with Gasteiger partial charge in [-0.1, -0.05) is 19.8 Å². The van der Waals surface area contributed by atoms with Gasteiger partial charge in [0.2, 0.25) is 5.91 Å². The summed E-state index contributed by atoms with van der Waals surface area (Å²) in [6.45, 7) is 5.28. The summed E-state index contributed by atoms with van der Waals surface area (Å²) in [5.41, 5.74) is -0.849. The molecule has 0 bridgehead atoms. The van der Waals surface area contributed by atoms with Crippen LogP contribution in [0.2, 0.25) is 0 Å². The highest BCUT2D eigenvalue weighted by atomic mass is 16.6. The Bertz CT molecular complexity index is 631. The number of carbonyl (C=O) groups is 4. The second-order valence-corrected chi connectivity index (χ2v) is 7.51. The molecule has 0 aromatic rings. The lowest BCUT2D eigenvalue weighted by atomic mass is 9.73. The first-order chi connectivity index (χ1) is 12.9.